The first-order valence-corrected chi connectivity index (χ1v) is 7.97. The average molecular weight is 443 g/mol. The first kappa shape index (κ1) is 16.8. The minimum atomic E-state index is -0.522. The molecule has 0 saturated heterocycles. The summed E-state index contributed by atoms with van der Waals surface area (Å²) in [6, 6.07) is 14.1. The van der Waals surface area contributed by atoms with Gasteiger partial charge in [0.2, 0.25) is 0 Å². The molecule has 2 rings (SSSR count). The molecule has 22 heavy (non-hydrogen) atoms. The molecule has 0 fully saturated rings. The lowest BCUT2D eigenvalue weighted by Crippen LogP contribution is -2.13. The Kier molecular flexibility index (Phi) is 5.83. The second kappa shape index (κ2) is 7.63. The van der Waals surface area contributed by atoms with Crippen molar-refractivity contribution in [2.45, 2.75) is 0 Å². The Labute approximate surface area is 151 Å². The van der Waals surface area contributed by atoms with Gasteiger partial charge in [0.15, 0.2) is 0 Å². The van der Waals surface area contributed by atoms with E-state index >= 15 is 0 Å². The van der Waals surface area contributed by atoms with Gasteiger partial charge in [-0.2, -0.15) is 5.26 Å². The summed E-state index contributed by atoms with van der Waals surface area (Å²) >= 11 is 14.0. The Morgan fingerprint density at radius 1 is 1.23 bits per heavy atom. The molecule has 2 aromatic carbocycles. The van der Waals surface area contributed by atoms with Crippen LogP contribution < -0.4 is 5.32 Å². The molecule has 0 radical (unpaired) electrons. The number of carbonyl (C=O) groups is 1. The zero-order valence-electron chi connectivity index (χ0n) is 11.1. The van der Waals surface area contributed by atoms with Gasteiger partial charge in [-0.25, -0.2) is 0 Å². The molecule has 0 aliphatic carbocycles. The maximum Gasteiger partial charge on any atom is 0.266 e. The Morgan fingerprint density at radius 2 is 1.95 bits per heavy atom. The quantitative estimate of drug-likeness (QED) is 0.406. The van der Waals surface area contributed by atoms with E-state index in [1.54, 1.807) is 18.2 Å². The Hall–Kier alpha value is -1.55. The number of carbonyl (C=O) groups excluding carboxylic acids is 1. The number of amides is 1. The molecule has 2 aromatic rings. The monoisotopic (exact) mass is 442 g/mol. The second-order valence-corrected chi connectivity index (χ2v) is 6.28. The molecule has 6 heteroatoms. The highest BCUT2D eigenvalue weighted by atomic mass is 127. The number of benzene rings is 2. The molecular weight excluding hydrogens is 434 g/mol. The lowest BCUT2D eigenvalue weighted by molar-refractivity contribution is -0.112. The molecule has 0 aliphatic rings. The average Bonchev–Trinajstić information content (AvgIpc) is 2.49. The zero-order valence-corrected chi connectivity index (χ0v) is 14.8. The molecule has 1 amide bonds. The second-order valence-electron chi connectivity index (χ2n) is 4.27. The van der Waals surface area contributed by atoms with Gasteiger partial charge in [0.05, 0.1) is 10.7 Å². The van der Waals surface area contributed by atoms with Gasteiger partial charge in [0.1, 0.15) is 11.6 Å². The Morgan fingerprint density at radius 3 is 2.59 bits per heavy atom. The molecule has 110 valence electrons. The molecule has 3 nitrogen and oxygen atoms in total. The van der Waals surface area contributed by atoms with Gasteiger partial charge < -0.3 is 5.32 Å². The number of rotatable bonds is 3. The van der Waals surface area contributed by atoms with Crippen LogP contribution in [0.3, 0.4) is 0 Å². The highest BCUT2D eigenvalue weighted by Gasteiger charge is 2.12. The van der Waals surface area contributed by atoms with Gasteiger partial charge in [-0.05, 0) is 58.5 Å². The molecule has 0 unspecified atom stereocenters. The fourth-order valence-electron chi connectivity index (χ4n) is 1.68. The summed E-state index contributed by atoms with van der Waals surface area (Å²) < 4.78 is 0.949. The van der Waals surface area contributed by atoms with Crippen LogP contribution in [0.2, 0.25) is 10.0 Å². The van der Waals surface area contributed by atoms with Crippen LogP contribution in [-0.4, -0.2) is 5.91 Å². The lowest BCUT2D eigenvalue weighted by atomic mass is 10.1. The normalized spacial score (nSPS) is 10.9. The predicted molar refractivity (Wildman–Crippen MR) is 97.8 cm³/mol. The number of hydrogen-bond acceptors (Lipinski definition) is 2. The van der Waals surface area contributed by atoms with E-state index in [4.69, 9.17) is 23.2 Å². The SMILES string of the molecule is N#C/C(=C\c1ccccc1I)C(=O)Nc1ccc(Cl)cc1Cl. The summed E-state index contributed by atoms with van der Waals surface area (Å²) in [4.78, 5) is 12.2. The number of hydrogen-bond donors (Lipinski definition) is 1. The number of nitrogens with one attached hydrogen (secondary N) is 1. The standard InChI is InChI=1S/C16H9Cl2IN2O/c17-12-5-6-15(13(18)8-12)21-16(22)11(9-20)7-10-3-1-2-4-14(10)19/h1-8H,(H,21,22)/b11-7+. The number of anilines is 1. The molecule has 0 spiro atoms. The van der Waals surface area contributed by atoms with Crippen LogP contribution >= 0.6 is 45.8 Å². The van der Waals surface area contributed by atoms with Crippen LogP contribution in [0.1, 0.15) is 5.56 Å². The van der Waals surface area contributed by atoms with Crippen molar-refractivity contribution in [3.63, 3.8) is 0 Å². The third kappa shape index (κ3) is 4.23. The highest BCUT2D eigenvalue weighted by molar-refractivity contribution is 14.1. The van der Waals surface area contributed by atoms with E-state index in [1.165, 1.54) is 6.07 Å². The highest BCUT2D eigenvalue weighted by Crippen LogP contribution is 2.26. The molecule has 0 aliphatic heterocycles. The first-order valence-electron chi connectivity index (χ1n) is 6.14. The van der Waals surface area contributed by atoms with Crippen LogP contribution in [0.4, 0.5) is 5.69 Å². The van der Waals surface area contributed by atoms with Crippen LogP contribution in [0.5, 0.6) is 0 Å². The fraction of sp³-hybridized carbons (Fsp3) is 0. The minimum Gasteiger partial charge on any atom is -0.320 e. The third-order valence-corrected chi connectivity index (χ3v) is 4.28. The summed E-state index contributed by atoms with van der Waals surface area (Å²) in [6.07, 6.45) is 1.54. The van der Waals surface area contributed by atoms with E-state index in [0.29, 0.717) is 15.7 Å². The fourth-order valence-corrected chi connectivity index (χ4v) is 2.68. The maximum absolute atomic E-state index is 12.2. The lowest BCUT2D eigenvalue weighted by Gasteiger charge is -2.07. The van der Waals surface area contributed by atoms with Gasteiger partial charge in [-0.15, -0.1) is 0 Å². The summed E-state index contributed by atoms with van der Waals surface area (Å²) in [5.74, 6) is -0.522. The Bertz CT molecular complexity index is 797. The first-order chi connectivity index (χ1) is 10.5. The van der Waals surface area contributed by atoms with Gasteiger partial charge in [0.25, 0.3) is 5.91 Å². The topological polar surface area (TPSA) is 52.9 Å². The van der Waals surface area contributed by atoms with E-state index in [-0.39, 0.29) is 5.57 Å². The smallest absolute Gasteiger partial charge is 0.266 e. The summed E-state index contributed by atoms with van der Waals surface area (Å²) in [5.41, 5.74) is 1.20. The van der Waals surface area contributed by atoms with Crippen molar-refractivity contribution in [3.05, 3.63) is 67.2 Å². The number of nitrogens with zero attached hydrogens (tertiary/aromatic N) is 1. The van der Waals surface area contributed by atoms with E-state index in [2.05, 4.69) is 27.9 Å². The largest absolute Gasteiger partial charge is 0.320 e. The zero-order chi connectivity index (χ0) is 16.1. The van der Waals surface area contributed by atoms with Crippen LogP contribution in [0.15, 0.2) is 48.0 Å². The molecule has 0 saturated carbocycles. The molecule has 0 bridgehead atoms. The third-order valence-electron chi connectivity index (χ3n) is 2.75. The van der Waals surface area contributed by atoms with Crippen molar-refractivity contribution in [2.75, 3.05) is 5.32 Å². The van der Waals surface area contributed by atoms with Gasteiger partial charge in [0, 0.05) is 8.59 Å². The van der Waals surface area contributed by atoms with Crippen LogP contribution in [0, 0.1) is 14.9 Å². The van der Waals surface area contributed by atoms with Crippen LogP contribution in [-0.2, 0) is 4.79 Å². The van der Waals surface area contributed by atoms with Crippen LogP contribution in [0.25, 0.3) is 6.08 Å². The van der Waals surface area contributed by atoms with Gasteiger partial charge in [-0.1, -0.05) is 41.4 Å². The van der Waals surface area contributed by atoms with E-state index < -0.39 is 5.91 Å². The van der Waals surface area contributed by atoms with E-state index in [0.717, 1.165) is 9.13 Å². The van der Waals surface area contributed by atoms with Crippen molar-refractivity contribution < 1.29 is 4.79 Å². The maximum atomic E-state index is 12.2. The molecule has 0 atom stereocenters. The summed E-state index contributed by atoms with van der Waals surface area (Å²) in [5, 5.41) is 12.6. The van der Waals surface area contributed by atoms with Crippen molar-refractivity contribution in [1.82, 2.24) is 0 Å². The summed E-state index contributed by atoms with van der Waals surface area (Å²) in [6.45, 7) is 0. The van der Waals surface area contributed by atoms with Crippen molar-refractivity contribution >= 4 is 63.5 Å². The van der Waals surface area contributed by atoms with E-state index in [1.807, 2.05) is 30.3 Å². The van der Waals surface area contributed by atoms with Crippen molar-refractivity contribution in [2.24, 2.45) is 0 Å². The number of nitriles is 1. The predicted octanol–water partition coefficient (Wildman–Crippen LogP) is 5.14. The molecule has 0 heterocycles. The minimum absolute atomic E-state index is 0.00451. The molecule has 0 aromatic heterocycles. The van der Waals surface area contributed by atoms with Gasteiger partial charge in [-0.3, -0.25) is 4.79 Å². The van der Waals surface area contributed by atoms with Crippen molar-refractivity contribution in [1.29, 1.82) is 5.26 Å². The van der Waals surface area contributed by atoms with Gasteiger partial charge >= 0.3 is 0 Å². The van der Waals surface area contributed by atoms with Crippen molar-refractivity contribution in [3.8, 4) is 6.07 Å². The number of halogens is 3. The Balaban J connectivity index is 2.27. The van der Waals surface area contributed by atoms with E-state index in [9.17, 15) is 10.1 Å². The summed E-state index contributed by atoms with van der Waals surface area (Å²) in [7, 11) is 0. The molecule has 1 N–H and O–H groups in total. The molecular formula is C16H9Cl2IN2O.